The SMILES string of the molecule is CC1=NN(/C(=N/c2nnc(C)s2)Nc2ccc(C)cc2)C(c2cc(F)c(F)c(F)c2)S1. The van der Waals surface area contributed by atoms with Gasteiger partial charge in [0.1, 0.15) is 10.4 Å². The molecule has 1 N–H and O–H groups in total. The molecule has 2 heterocycles. The van der Waals surface area contributed by atoms with Crippen molar-refractivity contribution in [1.29, 1.82) is 0 Å². The van der Waals surface area contributed by atoms with E-state index in [4.69, 9.17) is 0 Å². The van der Waals surface area contributed by atoms with Gasteiger partial charge in [0.05, 0.1) is 5.04 Å². The molecule has 11 heteroatoms. The number of benzene rings is 2. The van der Waals surface area contributed by atoms with Crippen molar-refractivity contribution in [3.05, 3.63) is 70.0 Å². The monoisotopic (exact) mass is 462 g/mol. The van der Waals surface area contributed by atoms with E-state index in [0.29, 0.717) is 16.1 Å². The first-order chi connectivity index (χ1) is 14.8. The first kappa shape index (κ1) is 21.3. The Morgan fingerprint density at radius 2 is 1.71 bits per heavy atom. The van der Waals surface area contributed by atoms with Crippen molar-refractivity contribution >= 4 is 44.9 Å². The maximum atomic E-state index is 13.9. The molecule has 6 nitrogen and oxygen atoms in total. The largest absolute Gasteiger partial charge is 0.324 e. The van der Waals surface area contributed by atoms with E-state index in [2.05, 4.69) is 25.6 Å². The van der Waals surface area contributed by atoms with Gasteiger partial charge in [0.15, 0.2) is 17.5 Å². The molecule has 0 radical (unpaired) electrons. The van der Waals surface area contributed by atoms with Gasteiger partial charge in [-0.2, -0.15) is 10.1 Å². The quantitative estimate of drug-likeness (QED) is 0.305. The maximum absolute atomic E-state index is 13.9. The van der Waals surface area contributed by atoms with Crippen LogP contribution in [0.5, 0.6) is 0 Å². The van der Waals surface area contributed by atoms with Crippen LogP contribution in [0.4, 0.5) is 24.0 Å². The zero-order valence-corrected chi connectivity index (χ0v) is 18.4. The minimum absolute atomic E-state index is 0.217. The van der Waals surface area contributed by atoms with E-state index in [-0.39, 0.29) is 5.56 Å². The molecule has 2 aromatic carbocycles. The highest BCUT2D eigenvalue weighted by molar-refractivity contribution is 8.14. The number of rotatable bonds is 3. The number of thioether (sulfide) groups is 1. The minimum Gasteiger partial charge on any atom is -0.324 e. The summed E-state index contributed by atoms with van der Waals surface area (Å²) in [5.41, 5.74) is 2.05. The van der Waals surface area contributed by atoms with Crippen LogP contribution in [0.25, 0.3) is 0 Å². The second kappa shape index (κ2) is 8.67. The molecule has 1 aromatic heterocycles. The second-order valence-corrected chi connectivity index (χ2v) is 9.20. The Labute approximate surface area is 184 Å². The predicted molar refractivity (Wildman–Crippen MR) is 118 cm³/mol. The summed E-state index contributed by atoms with van der Waals surface area (Å²) in [6.07, 6.45) is 0. The maximum Gasteiger partial charge on any atom is 0.234 e. The lowest BCUT2D eigenvalue weighted by atomic mass is 10.2. The van der Waals surface area contributed by atoms with E-state index in [9.17, 15) is 13.2 Å². The lowest BCUT2D eigenvalue weighted by Crippen LogP contribution is -2.32. The van der Waals surface area contributed by atoms with Gasteiger partial charge in [0.25, 0.3) is 0 Å². The topological polar surface area (TPSA) is 65.8 Å². The third-order valence-corrected chi connectivity index (χ3v) is 6.14. The number of guanidine groups is 1. The van der Waals surface area contributed by atoms with Gasteiger partial charge >= 0.3 is 0 Å². The molecule has 0 amide bonds. The van der Waals surface area contributed by atoms with Crippen molar-refractivity contribution in [3.63, 3.8) is 0 Å². The van der Waals surface area contributed by atoms with Crippen LogP contribution < -0.4 is 5.32 Å². The average molecular weight is 463 g/mol. The van der Waals surface area contributed by atoms with E-state index in [1.165, 1.54) is 28.1 Å². The molecule has 0 bridgehead atoms. The summed E-state index contributed by atoms with van der Waals surface area (Å²) in [5.74, 6) is -3.74. The van der Waals surface area contributed by atoms with Crippen molar-refractivity contribution in [2.24, 2.45) is 10.1 Å². The molecule has 0 saturated heterocycles. The van der Waals surface area contributed by atoms with Crippen LogP contribution >= 0.6 is 23.1 Å². The second-order valence-electron chi connectivity index (χ2n) is 6.76. The Kier molecular flexibility index (Phi) is 5.96. The fourth-order valence-electron chi connectivity index (χ4n) is 2.85. The molecule has 3 aromatic rings. The number of hydrogen-bond acceptors (Lipinski definition) is 6. The minimum atomic E-state index is -1.51. The predicted octanol–water partition coefficient (Wildman–Crippen LogP) is 5.75. The van der Waals surface area contributed by atoms with Gasteiger partial charge in [-0.25, -0.2) is 18.2 Å². The highest BCUT2D eigenvalue weighted by atomic mass is 32.2. The summed E-state index contributed by atoms with van der Waals surface area (Å²) in [6.45, 7) is 5.55. The third kappa shape index (κ3) is 4.72. The van der Waals surface area contributed by atoms with Crippen molar-refractivity contribution in [1.82, 2.24) is 15.2 Å². The van der Waals surface area contributed by atoms with Crippen molar-refractivity contribution in [2.75, 3.05) is 5.32 Å². The number of nitrogens with zero attached hydrogens (tertiary/aromatic N) is 5. The lowest BCUT2D eigenvalue weighted by molar-refractivity contribution is 0.419. The zero-order valence-electron chi connectivity index (χ0n) is 16.7. The van der Waals surface area contributed by atoms with Crippen LogP contribution in [0.1, 0.15) is 28.4 Å². The summed E-state index contributed by atoms with van der Waals surface area (Å²) >= 11 is 2.57. The van der Waals surface area contributed by atoms with Crippen molar-refractivity contribution in [3.8, 4) is 0 Å². The molecule has 4 rings (SSSR count). The summed E-state index contributed by atoms with van der Waals surface area (Å²) in [5, 5.41) is 18.3. The van der Waals surface area contributed by atoms with Gasteiger partial charge < -0.3 is 5.32 Å². The van der Waals surface area contributed by atoms with Crippen LogP contribution in [-0.4, -0.2) is 26.2 Å². The highest BCUT2D eigenvalue weighted by Gasteiger charge is 2.32. The molecule has 1 aliphatic heterocycles. The van der Waals surface area contributed by atoms with E-state index < -0.39 is 22.8 Å². The smallest absolute Gasteiger partial charge is 0.234 e. The summed E-state index contributed by atoms with van der Waals surface area (Å²) in [6, 6.07) is 9.56. The molecule has 0 fully saturated rings. The molecular formula is C20H17F3N6S2. The normalized spacial score (nSPS) is 16.6. The molecule has 31 heavy (non-hydrogen) atoms. The molecule has 0 aliphatic carbocycles. The fourth-order valence-corrected chi connectivity index (χ4v) is 4.39. The standard InChI is InChI=1S/C20H17F3N6S2/c1-10-4-6-14(7-5-10)24-19(25-20-27-26-11(2)31-20)29-18(30-12(3)28-29)13-8-15(21)17(23)16(22)9-13/h4-9,18H,1-3H3,(H,24,25,27). The summed E-state index contributed by atoms with van der Waals surface area (Å²) in [7, 11) is 0. The van der Waals surface area contributed by atoms with Crippen molar-refractivity contribution in [2.45, 2.75) is 26.1 Å². The number of nitrogens with one attached hydrogen (secondary N) is 1. The number of anilines is 1. The van der Waals surface area contributed by atoms with E-state index >= 15 is 0 Å². The van der Waals surface area contributed by atoms with Gasteiger partial charge in [0, 0.05) is 5.69 Å². The molecule has 160 valence electrons. The number of hydrazone groups is 1. The van der Waals surface area contributed by atoms with Crippen LogP contribution in [-0.2, 0) is 0 Å². The Morgan fingerprint density at radius 1 is 1.03 bits per heavy atom. The number of aliphatic imine (C=N–C) groups is 1. The van der Waals surface area contributed by atoms with Crippen LogP contribution in [0, 0.1) is 31.3 Å². The molecular weight excluding hydrogens is 445 g/mol. The van der Waals surface area contributed by atoms with E-state index in [0.717, 1.165) is 28.4 Å². The van der Waals surface area contributed by atoms with Crippen LogP contribution in [0.15, 0.2) is 46.5 Å². The fraction of sp³-hybridized carbons (Fsp3) is 0.200. The Bertz CT molecular complexity index is 1150. The van der Waals surface area contributed by atoms with Crippen LogP contribution in [0.3, 0.4) is 0 Å². The number of halogens is 3. The zero-order chi connectivity index (χ0) is 22.1. The third-order valence-electron chi connectivity index (χ3n) is 4.29. The van der Waals surface area contributed by atoms with Crippen LogP contribution in [0.2, 0.25) is 0 Å². The number of aromatic nitrogens is 2. The molecule has 1 aliphatic rings. The number of hydrogen-bond donors (Lipinski definition) is 1. The van der Waals surface area contributed by atoms with Crippen molar-refractivity contribution < 1.29 is 13.2 Å². The summed E-state index contributed by atoms with van der Waals surface area (Å²) < 4.78 is 41.3. The lowest BCUT2D eigenvalue weighted by Gasteiger charge is -2.25. The molecule has 1 atom stereocenters. The highest BCUT2D eigenvalue weighted by Crippen LogP contribution is 2.40. The van der Waals surface area contributed by atoms with E-state index in [1.54, 1.807) is 6.92 Å². The average Bonchev–Trinajstić information content (AvgIpc) is 3.32. The van der Waals surface area contributed by atoms with Gasteiger partial charge in [-0.15, -0.1) is 10.2 Å². The molecule has 0 spiro atoms. The Balaban J connectivity index is 1.76. The van der Waals surface area contributed by atoms with Gasteiger partial charge in [-0.1, -0.05) is 40.8 Å². The molecule has 1 unspecified atom stereocenters. The molecule has 0 saturated carbocycles. The Morgan fingerprint density at radius 3 is 2.32 bits per heavy atom. The first-order valence-corrected chi connectivity index (χ1v) is 10.9. The number of aryl methyl sites for hydroxylation is 2. The van der Waals surface area contributed by atoms with Gasteiger partial charge in [-0.05, 0) is 50.6 Å². The first-order valence-electron chi connectivity index (χ1n) is 9.18. The van der Waals surface area contributed by atoms with E-state index in [1.807, 2.05) is 38.1 Å². The summed E-state index contributed by atoms with van der Waals surface area (Å²) in [4.78, 5) is 4.55. The van der Waals surface area contributed by atoms with Gasteiger partial charge in [0.2, 0.25) is 11.1 Å². The Hall–Kier alpha value is -2.92. The van der Waals surface area contributed by atoms with Gasteiger partial charge in [-0.3, -0.25) is 0 Å².